The molecule has 164 valence electrons. The second-order valence-corrected chi connectivity index (χ2v) is 7.73. The number of methoxy groups -OCH3 is 2. The highest BCUT2D eigenvalue weighted by Crippen LogP contribution is 2.28. The number of aromatic nitrogens is 3. The maximum atomic E-state index is 14.7. The molecule has 0 N–H and O–H groups in total. The van der Waals surface area contributed by atoms with Crippen LogP contribution in [0.25, 0.3) is 5.69 Å². The highest BCUT2D eigenvalue weighted by molar-refractivity contribution is 7.98. The third-order valence-corrected chi connectivity index (χ3v) is 5.75. The fraction of sp³-hybridized carbons (Fsp3) is 0.167. The van der Waals surface area contributed by atoms with Crippen molar-refractivity contribution in [2.24, 2.45) is 0 Å². The quantitative estimate of drug-likeness (QED) is 0.322. The number of halogens is 1. The summed E-state index contributed by atoms with van der Waals surface area (Å²) < 4.78 is 32.6. The molecule has 0 saturated heterocycles. The van der Waals surface area contributed by atoms with Crippen molar-refractivity contribution >= 4 is 11.8 Å². The van der Waals surface area contributed by atoms with Crippen LogP contribution in [0, 0.1) is 5.82 Å². The summed E-state index contributed by atoms with van der Waals surface area (Å²) >= 11 is 1.47. The van der Waals surface area contributed by atoms with Gasteiger partial charge in [0.1, 0.15) is 29.7 Å². The molecular formula is C24H22FN3O3S. The summed E-state index contributed by atoms with van der Waals surface area (Å²) in [5.41, 5.74) is 1.47. The van der Waals surface area contributed by atoms with Gasteiger partial charge in [-0.2, -0.15) is 0 Å². The van der Waals surface area contributed by atoms with Crippen LogP contribution in [0.1, 0.15) is 11.4 Å². The number of hydrogen-bond acceptors (Lipinski definition) is 6. The number of para-hydroxylation sites is 1. The number of ether oxygens (including phenoxy) is 3. The minimum absolute atomic E-state index is 0.136. The summed E-state index contributed by atoms with van der Waals surface area (Å²) in [6, 6.07) is 21.6. The molecule has 0 spiro atoms. The number of benzene rings is 3. The SMILES string of the molecule is COc1ccc(CSc2nnc(COc3ccc(OC)cc3)n2-c2ccccc2F)cc1. The van der Waals surface area contributed by atoms with E-state index in [0.717, 1.165) is 17.1 Å². The van der Waals surface area contributed by atoms with E-state index < -0.39 is 0 Å². The maximum Gasteiger partial charge on any atom is 0.196 e. The molecule has 0 fully saturated rings. The molecule has 0 bridgehead atoms. The highest BCUT2D eigenvalue weighted by atomic mass is 32.2. The number of rotatable bonds is 9. The number of hydrogen-bond donors (Lipinski definition) is 0. The molecular weight excluding hydrogens is 429 g/mol. The van der Waals surface area contributed by atoms with Gasteiger partial charge in [0.25, 0.3) is 0 Å². The van der Waals surface area contributed by atoms with Crippen molar-refractivity contribution in [2.75, 3.05) is 14.2 Å². The van der Waals surface area contributed by atoms with Crippen LogP contribution < -0.4 is 14.2 Å². The summed E-state index contributed by atoms with van der Waals surface area (Å²) in [7, 11) is 3.24. The molecule has 0 aliphatic carbocycles. The molecule has 4 rings (SSSR count). The van der Waals surface area contributed by atoms with Gasteiger partial charge in [-0.1, -0.05) is 36.0 Å². The van der Waals surface area contributed by atoms with Crippen LogP contribution in [-0.4, -0.2) is 29.0 Å². The Morgan fingerprint density at radius 1 is 0.812 bits per heavy atom. The van der Waals surface area contributed by atoms with E-state index in [1.165, 1.54) is 17.8 Å². The average Bonchev–Trinajstić information content (AvgIpc) is 3.25. The predicted octanol–water partition coefficient (Wildman–Crippen LogP) is 5.29. The van der Waals surface area contributed by atoms with Gasteiger partial charge in [0.05, 0.1) is 19.9 Å². The van der Waals surface area contributed by atoms with Gasteiger partial charge < -0.3 is 14.2 Å². The van der Waals surface area contributed by atoms with Crippen molar-refractivity contribution in [2.45, 2.75) is 17.5 Å². The zero-order valence-electron chi connectivity index (χ0n) is 17.7. The molecule has 0 saturated carbocycles. The van der Waals surface area contributed by atoms with Crippen molar-refractivity contribution in [3.63, 3.8) is 0 Å². The molecule has 3 aromatic carbocycles. The van der Waals surface area contributed by atoms with E-state index in [2.05, 4.69) is 10.2 Å². The van der Waals surface area contributed by atoms with Crippen LogP contribution >= 0.6 is 11.8 Å². The standard InChI is InChI=1S/C24H22FN3O3S/c1-29-18-9-7-17(8-10-18)16-32-24-27-26-23(28(24)22-6-4-3-5-21(22)25)15-31-20-13-11-19(30-2)12-14-20/h3-14H,15-16H2,1-2H3. The summed E-state index contributed by atoms with van der Waals surface area (Å²) in [5.74, 6) is 2.99. The lowest BCUT2D eigenvalue weighted by atomic mass is 10.2. The van der Waals surface area contributed by atoms with Gasteiger partial charge in [-0.05, 0) is 54.1 Å². The largest absolute Gasteiger partial charge is 0.497 e. The van der Waals surface area contributed by atoms with E-state index in [9.17, 15) is 4.39 Å². The molecule has 32 heavy (non-hydrogen) atoms. The van der Waals surface area contributed by atoms with Gasteiger partial charge in [-0.15, -0.1) is 10.2 Å². The zero-order chi connectivity index (χ0) is 22.3. The molecule has 0 radical (unpaired) electrons. The van der Waals surface area contributed by atoms with E-state index in [-0.39, 0.29) is 12.4 Å². The Balaban J connectivity index is 1.57. The second kappa shape index (κ2) is 10.2. The third kappa shape index (κ3) is 5.03. The average molecular weight is 452 g/mol. The molecule has 0 amide bonds. The molecule has 1 heterocycles. The maximum absolute atomic E-state index is 14.7. The van der Waals surface area contributed by atoms with Crippen molar-refractivity contribution in [3.8, 4) is 22.9 Å². The zero-order valence-corrected chi connectivity index (χ0v) is 18.5. The van der Waals surface area contributed by atoms with Gasteiger partial charge in [0.15, 0.2) is 11.0 Å². The van der Waals surface area contributed by atoms with E-state index in [1.807, 2.05) is 48.5 Å². The normalized spacial score (nSPS) is 10.7. The summed E-state index contributed by atoms with van der Waals surface area (Å²) in [6.45, 7) is 0.136. The first-order valence-corrected chi connectivity index (χ1v) is 10.9. The Morgan fingerprint density at radius 2 is 1.44 bits per heavy atom. The summed E-state index contributed by atoms with van der Waals surface area (Å²) in [6.07, 6.45) is 0. The van der Waals surface area contributed by atoms with Crippen LogP contribution in [0.3, 0.4) is 0 Å². The van der Waals surface area contributed by atoms with Crippen LogP contribution in [-0.2, 0) is 12.4 Å². The second-order valence-electron chi connectivity index (χ2n) is 6.79. The number of thioether (sulfide) groups is 1. The van der Waals surface area contributed by atoms with E-state index in [4.69, 9.17) is 14.2 Å². The first-order valence-electron chi connectivity index (χ1n) is 9.89. The van der Waals surface area contributed by atoms with E-state index in [1.54, 1.807) is 37.0 Å². The lowest BCUT2D eigenvalue weighted by Gasteiger charge is -2.12. The van der Waals surface area contributed by atoms with Crippen molar-refractivity contribution in [1.82, 2.24) is 14.8 Å². The Hall–Kier alpha value is -3.52. The molecule has 6 nitrogen and oxygen atoms in total. The molecule has 0 aliphatic rings. The smallest absolute Gasteiger partial charge is 0.196 e. The molecule has 1 aromatic heterocycles. The van der Waals surface area contributed by atoms with Crippen LogP contribution in [0.4, 0.5) is 4.39 Å². The highest BCUT2D eigenvalue weighted by Gasteiger charge is 2.18. The Kier molecular flexibility index (Phi) is 6.91. The van der Waals surface area contributed by atoms with Crippen LogP contribution in [0.15, 0.2) is 78.0 Å². The monoisotopic (exact) mass is 451 g/mol. The predicted molar refractivity (Wildman–Crippen MR) is 121 cm³/mol. The van der Waals surface area contributed by atoms with E-state index in [0.29, 0.717) is 28.2 Å². The van der Waals surface area contributed by atoms with Crippen LogP contribution in [0.2, 0.25) is 0 Å². The lowest BCUT2D eigenvalue weighted by molar-refractivity contribution is 0.292. The first kappa shape index (κ1) is 21.7. The lowest BCUT2D eigenvalue weighted by Crippen LogP contribution is -2.08. The molecule has 0 atom stereocenters. The van der Waals surface area contributed by atoms with Crippen molar-refractivity contribution < 1.29 is 18.6 Å². The Morgan fingerprint density at radius 3 is 2.09 bits per heavy atom. The third-order valence-electron chi connectivity index (χ3n) is 4.75. The minimum atomic E-state index is -0.357. The van der Waals surface area contributed by atoms with Crippen molar-refractivity contribution in [1.29, 1.82) is 0 Å². The molecule has 0 aliphatic heterocycles. The number of nitrogens with zero attached hydrogens (tertiary/aromatic N) is 3. The topological polar surface area (TPSA) is 58.4 Å². The molecule has 0 unspecified atom stereocenters. The fourth-order valence-electron chi connectivity index (χ4n) is 3.05. The van der Waals surface area contributed by atoms with Gasteiger partial charge in [-0.3, -0.25) is 4.57 Å². The first-order chi connectivity index (χ1) is 15.7. The fourth-order valence-corrected chi connectivity index (χ4v) is 3.97. The summed E-state index contributed by atoms with van der Waals surface area (Å²) in [4.78, 5) is 0. The Labute approximate surface area is 190 Å². The van der Waals surface area contributed by atoms with Gasteiger partial charge in [0, 0.05) is 5.75 Å². The van der Waals surface area contributed by atoms with Crippen molar-refractivity contribution in [3.05, 3.63) is 90.0 Å². The minimum Gasteiger partial charge on any atom is -0.497 e. The van der Waals surface area contributed by atoms with Gasteiger partial charge >= 0.3 is 0 Å². The summed E-state index contributed by atoms with van der Waals surface area (Å²) in [5, 5.41) is 9.17. The van der Waals surface area contributed by atoms with Crippen LogP contribution in [0.5, 0.6) is 17.2 Å². The Bertz CT molecular complexity index is 1100. The van der Waals surface area contributed by atoms with Gasteiger partial charge in [0.2, 0.25) is 0 Å². The molecule has 4 aromatic rings. The van der Waals surface area contributed by atoms with E-state index >= 15 is 0 Å². The molecule has 8 heteroatoms. The van der Waals surface area contributed by atoms with Gasteiger partial charge in [-0.25, -0.2) is 4.39 Å².